The van der Waals surface area contributed by atoms with Gasteiger partial charge < -0.3 is 10.2 Å². The Morgan fingerprint density at radius 1 is 1.11 bits per heavy atom. The van der Waals surface area contributed by atoms with Crippen LogP contribution in [0.4, 0.5) is 5.69 Å². The fraction of sp³-hybridized carbons (Fsp3) is 0.600. The molecule has 1 aromatic carbocycles. The number of hydrogen-bond acceptors (Lipinski definition) is 3. The second-order valence-corrected chi connectivity index (χ2v) is 5.30. The normalized spacial score (nSPS) is 19.3. The van der Waals surface area contributed by atoms with E-state index in [9.17, 15) is 0 Å². The molecule has 2 rings (SSSR count). The van der Waals surface area contributed by atoms with Gasteiger partial charge in [0, 0.05) is 38.9 Å². The van der Waals surface area contributed by atoms with Gasteiger partial charge in [0.25, 0.3) is 0 Å². The number of rotatable bonds is 3. The van der Waals surface area contributed by atoms with E-state index < -0.39 is 0 Å². The van der Waals surface area contributed by atoms with Crippen molar-refractivity contribution in [3.63, 3.8) is 0 Å². The molecule has 1 aliphatic heterocycles. The third-order valence-corrected chi connectivity index (χ3v) is 3.81. The summed E-state index contributed by atoms with van der Waals surface area (Å²) in [6.07, 6.45) is 1.25. The summed E-state index contributed by atoms with van der Waals surface area (Å²) in [7, 11) is 4.16. The van der Waals surface area contributed by atoms with Crippen LogP contribution >= 0.6 is 0 Å². The molecule has 0 bridgehead atoms. The molecule has 0 saturated carbocycles. The van der Waals surface area contributed by atoms with Crippen LogP contribution in [0.25, 0.3) is 0 Å². The highest BCUT2D eigenvalue weighted by Crippen LogP contribution is 2.23. The molecule has 0 aliphatic carbocycles. The van der Waals surface area contributed by atoms with Crippen molar-refractivity contribution in [3.8, 4) is 0 Å². The van der Waals surface area contributed by atoms with Crippen LogP contribution in [0, 0.1) is 0 Å². The van der Waals surface area contributed by atoms with Crippen molar-refractivity contribution < 1.29 is 0 Å². The molecule has 1 aromatic rings. The van der Waals surface area contributed by atoms with Crippen LogP contribution in [-0.2, 0) is 0 Å². The van der Waals surface area contributed by atoms with Gasteiger partial charge in [-0.25, -0.2) is 0 Å². The third kappa shape index (κ3) is 3.24. The van der Waals surface area contributed by atoms with Gasteiger partial charge in [0.15, 0.2) is 0 Å². The van der Waals surface area contributed by atoms with Gasteiger partial charge in [0.1, 0.15) is 0 Å². The van der Waals surface area contributed by atoms with Crippen LogP contribution in [0.15, 0.2) is 24.3 Å². The zero-order valence-corrected chi connectivity index (χ0v) is 11.8. The van der Waals surface area contributed by atoms with Crippen molar-refractivity contribution in [3.05, 3.63) is 29.8 Å². The summed E-state index contributed by atoms with van der Waals surface area (Å²) in [5, 5.41) is 3.46. The summed E-state index contributed by atoms with van der Waals surface area (Å²) in [6, 6.07) is 9.46. The van der Waals surface area contributed by atoms with Crippen LogP contribution < -0.4 is 10.2 Å². The zero-order chi connectivity index (χ0) is 13.0. The van der Waals surface area contributed by atoms with Crippen molar-refractivity contribution >= 4 is 5.69 Å². The van der Waals surface area contributed by atoms with Gasteiger partial charge in [0.2, 0.25) is 0 Å². The molecule has 0 aromatic heterocycles. The van der Waals surface area contributed by atoms with Crippen molar-refractivity contribution in [2.75, 3.05) is 45.2 Å². The average molecular weight is 247 g/mol. The van der Waals surface area contributed by atoms with E-state index >= 15 is 0 Å². The molecule has 0 radical (unpaired) electrons. The molecule has 0 amide bonds. The Kier molecular flexibility index (Phi) is 4.61. The van der Waals surface area contributed by atoms with Crippen LogP contribution in [0.3, 0.4) is 0 Å². The van der Waals surface area contributed by atoms with Crippen LogP contribution in [0.1, 0.15) is 24.9 Å². The second-order valence-electron chi connectivity index (χ2n) is 5.30. The number of nitrogens with zero attached hydrogens (tertiary/aromatic N) is 2. The summed E-state index contributed by atoms with van der Waals surface area (Å²) in [5.41, 5.74) is 2.69. The summed E-state index contributed by atoms with van der Waals surface area (Å²) in [4.78, 5) is 4.72. The Balaban J connectivity index is 2.05. The average Bonchev–Trinajstić information content (AvgIpc) is 2.67. The lowest BCUT2D eigenvalue weighted by Gasteiger charge is -2.28. The van der Waals surface area contributed by atoms with Crippen molar-refractivity contribution in [1.29, 1.82) is 0 Å². The molecule has 1 fully saturated rings. The third-order valence-electron chi connectivity index (χ3n) is 3.81. The maximum atomic E-state index is 3.46. The van der Waals surface area contributed by atoms with E-state index in [1.165, 1.54) is 24.2 Å². The number of benzene rings is 1. The Morgan fingerprint density at radius 2 is 1.83 bits per heavy atom. The van der Waals surface area contributed by atoms with Gasteiger partial charge in [-0.3, -0.25) is 4.90 Å². The zero-order valence-electron chi connectivity index (χ0n) is 11.8. The first-order valence-electron chi connectivity index (χ1n) is 6.90. The SMILES string of the molecule is CC(c1ccc(N(C)C)cc1)N1CCCNCC1. The van der Waals surface area contributed by atoms with Gasteiger partial charge in [-0.05, 0) is 44.1 Å². The second kappa shape index (κ2) is 6.21. The minimum Gasteiger partial charge on any atom is -0.378 e. The molecule has 1 saturated heterocycles. The number of hydrogen-bond donors (Lipinski definition) is 1. The molecule has 1 atom stereocenters. The molecule has 0 spiro atoms. The van der Waals surface area contributed by atoms with Gasteiger partial charge in [-0.1, -0.05) is 12.1 Å². The van der Waals surface area contributed by atoms with E-state index in [2.05, 4.69) is 60.4 Å². The van der Waals surface area contributed by atoms with E-state index in [0.29, 0.717) is 6.04 Å². The standard InChI is InChI=1S/C15H25N3/c1-13(18-11-4-9-16-10-12-18)14-5-7-15(8-6-14)17(2)3/h5-8,13,16H,4,9-12H2,1-3H3. The maximum Gasteiger partial charge on any atom is 0.0361 e. The maximum absolute atomic E-state index is 3.46. The Labute approximate surface area is 111 Å². The Hall–Kier alpha value is -1.06. The lowest BCUT2D eigenvalue weighted by atomic mass is 10.1. The van der Waals surface area contributed by atoms with E-state index in [1.54, 1.807) is 0 Å². The van der Waals surface area contributed by atoms with Gasteiger partial charge in [-0.2, -0.15) is 0 Å². The molecule has 1 aliphatic rings. The highest BCUT2D eigenvalue weighted by atomic mass is 15.2. The summed E-state index contributed by atoms with van der Waals surface area (Å²) in [5.74, 6) is 0. The Morgan fingerprint density at radius 3 is 2.50 bits per heavy atom. The monoisotopic (exact) mass is 247 g/mol. The molecule has 3 heteroatoms. The first-order valence-corrected chi connectivity index (χ1v) is 6.90. The molecule has 1 N–H and O–H groups in total. The predicted octanol–water partition coefficient (Wildman–Crippen LogP) is 2.11. The molecular formula is C15H25N3. The number of nitrogens with one attached hydrogen (secondary N) is 1. The number of anilines is 1. The molecule has 1 heterocycles. The first kappa shape index (κ1) is 13.4. The minimum atomic E-state index is 0.515. The van der Waals surface area contributed by atoms with Crippen LogP contribution in [-0.4, -0.2) is 45.2 Å². The van der Waals surface area contributed by atoms with Crippen LogP contribution in [0.2, 0.25) is 0 Å². The highest BCUT2D eigenvalue weighted by molar-refractivity contribution is 5.46. The molecule has 3 nitrogen and oxygen atoms in total. The fourth-order valence-corrected chi connectivity index (χ4v) is 2.52. The lowest BCUT2D eigenvalue weighted by Crippen LogP contribution is -2.30. The fourth-order valence-electron chi connectivity index (χ4n) is 2.52. The summed E-state index contributed by atoms with van der Waals surface area (Å²) < 4.78 is 0. The minimum absolute atomic E-state index is 0.515. The Bertz CT molecular complexity index is 351. The lowest BCUT2D eigenvalue weighted by molar-refractivity contribution is 0.225. The van der Waals surface area contributed by atoms with Crippen molar-refractivity contribution in [2.24, 2.45) is 0 Å². The summed E-state index contributed by atoms with van der Waals surface area (Å²) >= 11 is 0. The van der Waals surface area contributed by atoms with Gasteiger partial charge in [-0.15, -0.1) is 0 Å². The topological polar surface area (TPSA) is 18.5 Å². The van der Waals surface area contributed by atoms with Crippen molar-refractivity contribution in [1.82, 2.24) is 10.2 Å². The summed E-state index contributed by atoms with van der Waals surface area (Å²) in [6.45, 7) is 6.93. The first-order chi connectivity index (χ1) is 8.68. The van der Waals surface area contributed by atoms with E-state index in [4.69, 9.17) is 0 Å². The molecule has 1 unspecified atom stereocenters. The predicted molar refractivity (Wildman–Crippen MR) is 78.2 cm³/mol. The quantitative estimate of drug-likeness (QED) is 0.882. The van der Waals surface area contributed by atoms with E-state index in [1.807, 2.05) is 0 Å². The highest BCUT2D eigenvalue weighted by Gasteiger charge is 2.16. The largest absolute Gasteiger partial charge is 0.378 e. The van der Waals surface area contributed by atoms with Crippen LogP contribution in [0.5, 0.6) is 0 Å². The molecular weight excluding hydrogens is 222 g/mol. The molecule has 18 heavy (non-hydrogen) atoms. The van der Waals surface area contributed by atoms with Gasteiger partial charge >= 0.3 is 0 Å². The van der Waals surface area contributed by atoms with Gasteiger partial charge in [0.05, 0.1) is 0 Å². The molecule has 100 valence electrons. The van der Waals surface area contributed by atoms with E-state index in [-0.39, 0.29) is 0 Å². The van der Waals surface area contributed by atoms with E-state index in [0.717, 1.165) is 19.6 Å². The smallest absolute Gasteiger partial charge is 0.0361 e. The van der Waals surface area contributed by atoms with Crippen molar-refractivity contribution in [2.45, 2.75) is 19.4 Å².